The monoisotopic (exact) mass is 206 g/mol. The van der Waals surface area contributed by atoms with E-state index in [1.165, 1.54) is 6.42 Å². The first-order valence-corrected chi connectivity index (χ1v) is 5.59. The standard InChI is InChI=1S/C12H18N2O/c1-10(12-4-2-3-6-14-12)15-9-11-5-7-13-8-11/h2-4,6,10-11,13H,5,7-9H2,1H3. The van der Waals surface area contributed by atoms with Crippen LogP contribution >= 0.6 is 0 Å². The predicted octanol–water partition coefficient (Wildman–Crippen LogP) is 1.77. The SMILES string of the molecule is CC(OCC1CCNC1)c1ccccn1. The predicted molar refractivity (Wildman–Crippen MR) is 59.6 cm³/mol. The van der Waals surface area contributed by atoms with Crippen molar-refractivity contribution in [3.8, 4) is 0 Å². The Morgan fingerprint density at radius 1 is 1.60 bits per heavy atom. The van der Waals surface area contributed by atoms with Crippen molar-refractivity contribution in [2.24, 2.45) is 5.92 Å². The highest BCUT2D eigenvalue weighted by Gasteiger charge is 2.16. The smallest absolute Gasteiger partial charge is 0.0966 e. The summed E-state index contributed by atoms with van der Waals surface area (Å²) >= 11 is 0. The van der Waals surface area contributed by atoms with Crippen LogP contribution in [0.1, 0.15) is 25.1 Å². The first-order chi connectivity index (χ1) is 7.36. The van der Waals surface area contributed by atoms with Crippen LogP contribution in [0.5, 0.6) is 0 Å². The van der Waals surface area contributed by atoms with Gasteiger partial charge in [-0.1, -0.05) is 6.07 Å². The summed E-state index contributed by atoms with van der Waals surface area (Å²) in [6.45, 7) is 5.12. The number of nitrogens with zero attached hydrogens (tertiary/aromatic N) is 1. The number of pyridine rings is 1. The van der Waals surface area contributed by atoms with Gasteiger partial charge in [0.1, 0.15) is 0 Å². The molecule has 1 aromatic rings. The lowest BCUT2D eigenvalue weighted by Crippen LogP contribution is -2.15. The molecule has 15 heavy (non-hydrogen) atoms. The normalized spacial score (nSPS) is 22.9. The van der Waals surface area contributed by atoms with Gasteiger partial charge in [-0.05, 0) is 37.9 Å². The van der Waals surface area contributed by atoms with Gasteiger partial charge in [0.25, 0.3) is 0 Å². The molecule has 2 unspecified atom stereocenters. The Hall–Kier alpha value is -0.930. The molecule has 0 bridgehead atoms. The van der Waals surface area contributed by atoms with Crippen LogP contribution in [0.15, 0.2) is 24.4 Å². The van der Waals surface area contributed by atoms with Crippen LogP contribution < -0.4 is 5.32 Å². The number of hydrogen-bond acceptors (Lipinski definition) is 3. The van der Waals surface area contributed by atoms with E-state index in [0.29, 0.717) is 5.92 Å². The van der Waals surface area contributed by atoms with Crippen molar-refractivity contribution < 1.29 is 4.74 Å². The topological polar surface area (TPSA) is 34.1 Å². The van der Waals surface area contributed by atoms with Gasteiger partial charge in [0.05, 0.1) is 18.4 Å². The summed E-state index contributed by atoms with van der Waals surface area (Å²) in [6.07, 6.45) is 3.15. The molecule has 1 aromatic heterocycles. The van der Waals surface area contributed by atoms with E-state index in [4.69, 9.17) is 4.74 Å². The van der Waals surface area contributed by atoms with E-state index in [1.807, 2.05) is 24.4 Å². The molecular weight excluding hydrogens is 188 g/mol. The molecule has 0 spiro atoms. The van der Waals surface area contributed by atoms with Crippen LogP contribution in [0.4, 0.5) is 0 Å². The van der Waals surface area contributed by atoms with Crippen molar-refractivity contribution in [3.63, 3.8) is 0 Å². The summed E-state index contributed by atoms with van der Waals surface area (Å²) < 4.78 is 5.81. The van der Waals surface area contributed by atoms with Crippen LogP contribution in [-0.4, -0.2) is 24.7 Å². The Morgan fingerprint density at radius 3 is 3.20 bits per heavy atom. The highest BCUT2D eigenvalue weighted by Crippen LogP contribution is 2.16. The molecule has 2 rings (SSSR count). The summed E-state index contributed by atoms with van der Waals surface area (Å²) in [7, 11) is 0. The molecule has 0 radical (unpaired) electrons. The second kappa shape index (κ2) is 5.24. The van der Waals surface area contributed by atoms with Crippen molar-refractivity contribution in [2.75, 3.05) is 19.7 Å². The number of aromatic nitrogens is 1. The number of rotatable bonds is 4. The van der Waals surface area contributed by atoms with Crippen molar-refractivity contribution >= 4 is 0 Å². The Balaban J connectivity index is 1.79. The van der Waals surface area contributed by atoms with Gasteiger partial charge in [-0.3, -0.25) is 4.98 Å². The third kappa shape index (κ3) is 3.01. The summed E-state index contributed by atoms with van der Waals surface area (Å²) in [5.41, 5.74) is 1.02. The molecule has 1 N–H and O–H groups in total. The third-order valence-electron chi connectivity index (χ3n) is 2.85. The van der Waals surface area contributed by atoms with Crippen LogP contribution in [0, 0.1) is 5.92 Å². The molecule has 3 nitrogen and oxygen atoms in total. The van der Waals surface area contributed by atoms with E-state index in [2.05, 4.69) is 17.2 Å². The second-order valence-corrected chi connectivity index (χ2v) is 4.09. The molecule has 0 aliphatic carbocycles. The molecule has 82 valence electrons. The molecule has 0 saturated carbocycles. The lowest BCUT2D eigenvalue weighted by Gasteiger charge is -2.15. The number of hydrogen-bond donors (Lipinski definition) is 1. The minimum Gasteiger partial charge on any atom is -0.372 e. The zero-order chi connectivity index (χ0) is 10.5. The molecule has 1 aliphatic heterocycles. The van der Waals surface area contributed by atoms with Crippen LogP contribution in [-0.2, 0) is 4.74 Å². The Labute approximate surface area is 90.9 Å². The van der Waals surface area contributed by atoms with E-state index in [9.17, 15) is 0 Å². The molecule has 2 heterocycles. The quantitative estimate of drug-likeness (QED) is 0.815. The number of ether oxygens (including phenoxy) is 1. The van der Waals surface area contributed by atoms with E-state index >= 15 is 0 Å². The third-order valence-corrected chi connectivity index (χ3v) is 2.85. The Kier molecular flexibility index (Phi) is 3.69. The van der Waals surface area contributed by atoms with Gasteiger partial charge in [-0.2, -0.15) is 0 Å². The van der Waals surface area contributed by atoms with Crippen molar-refractivity contribution in [2.45, 2.75) is 19.4 Å². The maximum absolute atomic E-state index is 5.81. The van der Waals surface area contributed by atoms with Gasteiger partial charge in [-0.15, -0.1) is 0 Å². The van der Waals surface area contributed by atoms with E-state index in [-0.39, 0.29) is 6.10 Å². The molecule has 3 heteroatoms. The minimum atomic E-state index is 0.104. The molecular formula is C12H18N2O. The first-order valence-electron chi connectivity index (χ1n) is 5.59. The Morgan fingerprint density at radius 2 is 2.53 bits per heavy atom. The van der Waals surface area contributed by atoms with Crippen LogP contribution in [0.3, 0.4) is 0 Å². The lowest BCUT2D eigenvalue weighted by atomic mass is 10.1. The van der Waals surface area contributed by atoms with Gasteiger partial charge >= 0.3 is 0 Å². The van der Waals surface area contributed by atoms with Crippen LogP contribution in [0.25, 0.3) is 0 Å². The summed E-state index contributed by atoms with van der Waals surface area (Å²) in [5.74, 6) is 0.677. The zero-order valence-electron chi connectivity index (χ0n) is 9.15. The van der Waals surface area contributed by atoms with Gasteiger partial charge < -0.3 is 10.1 Å². The van der Waals surface area contributed by atoms with Crippen molar-refractivity contribution in [3.05, 3.63) is 30.1 Å². The average Bonchev–Trinajstić information content (AvgIpc) is 2.80. The maximum Gasteiger partial charge on any atom is 0.0966 e. The zero-order valence-corrected chi connectivity index (χ0v) is 9.15. The van der Waals surface area contributed by atoms with Crippen molar-refractivity contribution in [1.29, 1.82) is 0 Å². The fraction of sp³-hybridized carbons (Fsp3) is 0.583. The van der Waals surface area contributed by atoms with E-state index < -0.39 is 0 Å². The second-order valence-electron chi connectivity index (χ2n) is 4.09. The molecule has 2 atom stereocenters. The van der Waals surface area contributed by atoms with Gasteiger partial charge in [0.15, 0.2) is 0 Å². The Bertz CT molecular complexity index is 283. The molecule has 0 amide bonds. The van der Waals surface area contributed by atoms with Gasteiger partial charge in [-0.25, -0.2) is 0 Å². The fourth-order valence-corrected chi connectivity index (χ4v) is 1.84. The fourth-order valence-electron chi connectivity index (χ4n) is 1.84. The summed E-state index contributed by atoms with van der Waals surface area (Å²) in [6, 6.07) is 5.94. The lowest BCUT2D eigenvalue weighted by molar-refractivity contribution is 0.0410. The molecule has 0 aromatic carbocycles. The number of nitrogens with one attached hydrogen (secondary N) is 1. The van der Waals surface area contributed by atoms with Gasteiger partial charge in [0, 0.05) is 12.7 Å². The van der Waals surface area contributed by atoms with Gasteiger partial charge in [0.2, 0.25) is 0 Å². The van der Waals surface area contributed by atoms with E-state index in [0.717, 1.165) is 25.4 Å². The largest absolute Gasteiger partial charge is 0.372 e. The van der Waals surface area contributed by atoms with Crippen molar-refractivity contribution in [1.82, 2.24) is 10.3 Å². The highest BCUT2D eigenvalue weighted by molar-refractivity contribution is 5.05. The molecule has 1 saturated heterocycles. The average molecular weight is 206 g/mol. The first kappa shape index (κ1) is 10.6. The highest BCUT2D eigenvalue weighted by atomic mass is 16.5. The molecule has 1 aliphatic rings. The maximum atomic E-state index is 5.81. The van der Waals surface area contributed by atoms with E-state index in [1.54, 1.807) is 0 Å². The minimum absolute atomic E-state index is 0.104. The summed E-state index contributed by atoms with van der Waals surface area (Å²) in [5, 5.41) is 3.34. The molecule has 1 fully saturated rings. The summed E-state index contributed by atoms with van der Waals surface area (Å²) in [4.78, 5) is 4.28. The van der Waals surface area contributed by atoms with Crippen LogP contribution in [0.2, 0.25) is 0 Å².